The molecule has 1 aromatic rings. The summed E-state index contributed by atoms with van der Waals surface area (Å²) in [4.78, 5) is 22.8. The monoisotopic (exact) mass is 238 g/mol. The molecule has 16 heavy (non-hydrogen) atoms. The van der Waals surface area contributed by atoms with E-state index in [1.807, 2.05) is 18.2 Å². The molecule has 0 atom stereocenters. The molecule has 0 bridgehead atoms. The molecule has 2 amide bonds. The van der Waals surface area contributed by atoms with Crippen LogP contribution in [0.4, 0.5) is 5.69 Å². The summed E-state index contributed by atoms with van der Waals surface area (Å²) in [5.74, 6) is -0.215. The third-order valence-electron chi connectivity index (χ3n) is 1.85. The van der Waals surface area contributed by atoms with Gasteiger partial charge < -0.3 is 11.1 Å². The number of amides is 2. The third-order valence-corrected chi connectivity index (χ3v) is 2.95. The van der Waals surface area contributed by atoms with Gasteiger partial charge in [0.25, 0.3) is 0 Å². The number of thioether (sulfide) groups is 1. The SMILES string of the molecule is CCC(=O)Nc1ccccc1SCC(N)=O. The highest BCUT2D eigenvalue weighted by Crippen LogP contribution is 2.26. The van der Waals surface area contributed by atoms with Gasteiger partial charge in [0.2, 0.25) is 11.8 Å². The third kappa shape index (κ3) is 3.94. The maximum Gasteiger partial charge on any atom is 0.227 e. The number of carbonyl (C=O) groups excluding carboxylic acids is 2. The van der Waals surface area contributed by atoms with Crippen LogP contribution < -0.4 is 11.1 Å². The number of nitrogens with two attached hydrogens (primary N) is 1. The first-order chi connectivity index (χ1) is 7.63. The number of rotatable bonds is 5. The van der Waals surface area contributed by atoms with Gasteiger partial charge in [-0.05, 0) is 12.1 Å². The molecule has 0 aromatic heterocycles. The van der Waals surface area contributed by atoms with Crippen molar-refractivity contribution in [3.63, 3.8) is 0 Å². The number of primary amides is 1. The predicted molar refractivity (Wildman–Crippen MR) is 65.3 cm³/mol. The molecule has 0 saturated carbocycles. The van der Waals surface area contributed by atoms with E-state index in [-0.39, 0.29) is 17.6 Å². The van der Waals surface area contributed by atoms with Crippen LogP contribution in [0.25, 0.3) is 0 Å². The molecule has 0 aliphatic carbocycles. The highest BCUT2D eigenvalue weighted by atomic mass is 32.2. The van der Waals surface area contributed by atoms with Crippen molar-refractivity contribution >= 4 is 29.3 Å². The van der Waals surface area contributed by atoms with Crippen molar-refractivity contribution in [2.24, 2.45) is 5.73 Å². The van der Waals surface area contributed by atoms with E-state index < -0.39 is 0 Å². The molecule has 0 spiro atoms. The molecule has 5 heteroatoms. The maximum absolute atomic E-state index is 11.3. The van der Waals surface area contributed by atoms with Crippen LogP contribution in [0.1, 0.15) is 13.3 Å². The molecule has 0 unspecified atom stereocenters. The van der Waals surface area contributed by atoms with Crippen LogP contribution in [-0.2, 0) is 9.59 Å². The number of carbonyl (C=O) groups is 2. The Kier molecular flexibility index (Phi) is 4.85. The van der Waals surface area contributed by atoms with Gasteiger partial charge >= 0.3 is 0 Å². The Hall–Kier alpha value is -1.49. The molecule has 86 valence electrons. The maximum atomic E-state index is 11.3. The van der Waals surface area contributed by atoms with Crippen LogP contribution in [0.2, 0.25) is 0 Å². The molecule has 1 rings (SSSR count). The minimum absolute atomic E-state index is 0.0490. The lowest BCUT2D eigenvalue weighted by molar-refractivity contribution is -0.116. The number of hydrogen-bond acceptors (Lipinski definition) is 3. The molecule has 0 fully saturated rings. The fraction of sp³-hybridized carbons (Fsp3) is 0.273. The average molecular weight is 238 g/mol. The lowest BCUT2D eigenvalue weighted by atomic mass is 10.3. The van der Waals surface area contributed by atoms with Crippen LogP contribution in [0.15, 0.2) is 29.2 Å². The van der Waals surface area contributed by atoms with Crippen LogP contribution in [-0.4, -0.2) is 17.6 Å². The van der Waals surface area contributed by atoms with Crippen molar-refractivity contribution in [1.82, 2.24) is 0 Å². The van der Waals surface area contributed by atoms with Crippen molar-refractivity contribution in [3.05, 3.63) is 24.3 Å². The largest absolute Gasteiger partial charge is 0.369 e. The molecule has 1 aromatic carbocycles. The molecule has 3 N–H and O–H groups in total. The van der Waals surface area contributed by atoms with E-state index in [9.17, 15) is 9.59 Å². The van der Waals surface area contributed by atoms with E-state index in [1.165, 1.54) is 11.8 Å². The van der Waals surface area contributed by atoms with Crippen molar-refractivity contribution < 1.29 is 9.59 Å². The molecule has 4 nitrogen and oxygen atoms in total. The lowest BCUT2D eigenvalue weighted by Gasteiger charge is -2.08. The first-order valence-electron chi connectivity index (χ1n) is 4.93. The zero-order valence-corrected chi connectivity index (χ0v) is 9.84. The number of hydrogen-bond donors (Lipinski definition) is 2. The van der Waals surface area contributed by atoms with Gasteiger partial charge in [0.1, 0.15) is 0 Å². The van der Waals surface area contributed by atoms with Gasteiger partial charge in [0, 0.05) is 11.3 Å². The van der Waals surface area contributed by atoms with Gasteiger partial charge in [0.05, 0.1) is 11.4 Å². The van der Waals surface area contributed by atoms with E-state index in [0.29, 0.717) is 6.42 Å². The quantitative estimate of drug-likeness (QED) is 0.765. The van der Waals surface area contributed by atoms with E-state index in [2.05, 4.69) is 5.32 Å². The second-order valence-corrected chi connectivity index (χ2v) is 4.17. The van der Waals surface area contributed by atoms with Gasteiger partial charge in [0.15, 0.2) is 0 Å². The zero-order chi connectivity index (χ0) is 12.0. The van der Waals surface area contributed by atoms with Gasteiger partial charge in [-0.1, -0.05) is 19.1 Å². The second-order valence-electron chi connectivity index (χ2n) is 3.15. The number of nitrogens with one attached hydrogen (secondary N) is 1. The number of para-hydroxylation sites is 1. The Morgan fingerprint density at radius 2 is 2.06 bits per heavy atom. The van der Waals surface area contributed by atoms with Crippen LogP contribution >= 0.6 is 11.8 Å². The van der Waals surface area contributed by atoms with Gasteiger partial charge in [-0.3, -0.25) is 9.59 Å². The van der Waals surface area contributed by atoms with Crippen molar-refractivity contribution in [1.29, 1.82) is 0 Å². The lowest BCUT2D eigenvalue weighted by Crippen LogP contribution is -2.14. The normalized spacial score (nSPS) is 9.81. The summed E-state index contributed by atoms with van der Waals surface area (Å²) in [7, 11) is 0. The smallest absolute Gasteiger partial charge is 0.227 e. The molecular weight excluding hydrogens is 224 g/mol. The second kappa shape index (κ2) is 6.17. The highest BCUT2D eigenvalue weighted by molar-refractivity contribution is 8.00. The summed E-state index contributed by atoms with van der Waals surface area (Å²) in [5.41, 5.74) is 5.79. The number of anilines is 1. The molecule has 0 radical (unpaired) electrons. The molecule has 0 heterocycles. The van der Waals surface area contributed by atoms with Crippen LogP contribution in [0.3, 0.4) is 0 Å². The Balaban J connectivity index is 2.74. The van der Waals surface area contributed by atoms with Crippen molar-refractivity contribution in [2.75, 3.05) is 11.1 Å². The Labute approximate surface area is 98.6 Å². The molecular formula is C11H14N2O2S. The van der Waals surface area contributed by atoms with E-state index in [0.717, 1.165) is 10.6 Å². The number of benzene rings is 1. The van der Waals surface area contributed by atoms with Crippen molar-refractivity contribution in [3.8, 4) is 0 Å². The van der Waals surface area contributed by atoms with Crippen LogP contribution in [0.5, 0.6) is 0 Å². The Morgan fingerprint density at radius 3 is 2.69 bits per heavy atom. The Morgan fingerprint density at radius 1 is 1.38 bits per heavy atom. The summed E-state index contributed by atoms with van der Waals surface area (Å²) < 4.78 is 0. The van der Waals surface area contributed by atoms with E-state index >= 15 is 0 Å². The fourth-order valence-electron chi connectivity index (χ4n) is 1.08. The summed E-state index contributed by atoms with van der Waals surface area (Å²) in [6, 6.07) is 7.33. The fourth-order valence-corrected chi connectivity index (χ4v) is 1.83. The zero-order valence-electron chi connectivity index (χ0n) is 9.03. The van der Waals surface area contributed by atoms with Crippen molar-refractivity contribution in [2.45, 2.75) is 18.2 Å². The van der Waals surface area contributed by atoms with Gasteiger partial charge in [-0.2, -0.15) is 0 Å². The van der Waals surface area contributed by atoms with E-state index in [4.69, 9.17) is 5.73 Å². The highest BCUT2D eigenvalue weighted by Gasteiger charge is 2.06. The first-order valence-corrected chi connectivity index (χ1v) is 5.92. The summed E-state index contributed by atoms with van der Waals surface area (Å²) in [6.45, 7) is 1.79. The minimum Gasteiger partial charge on any atom is -0.369 e. The molecule has 0 aliphatic heterocycles. The summed E-state index contributed by atoms with van der Waals surface area (Å²) in [6.07, 6.45) is 0.425. The molecule has 0 aliphatic rings. The van der Waals surface area contributed by atoms with Gasteiger partial charge in [-0.25, -0.2) is 0 Å². The van der Waals surface area contributed by atoms with E-state index in [1.54, 1.807) is 13.0 Å². The average Bonchev–Trinajstić information content (AvgIpc) is 2.27. The van der Waals surface area contributed by atoms with Crippen LogP contribution in [0, 0.1) is 0 Å². The minimum atomic E-state index is -0.373. The Bertz CT molecular complexity index is 393. The summed E-state index contributed by atoms with van der Waals surface area (Å²) in [5, 5.41) is 2.77. The topological polar surface area (TPSA) is 72.2 Å². The predicted octanol–water partition coefficient (Wildman–Crippen LogP) is 1.61. The van der Waals surface area contributed by atoms with Gasteiger partial charge in [-0.15, -0.1) is 11.8 Å². The standard InChI is InChI=1S/C11H14N2O2S/c1-2-11(15)13-8-5-3-4-6-9(8)16-7-10(12)14/h3-6H,2,7H2,1H3,(H2,12,14)(H,13,15). The first kappa shape index (κ1) is 12.6. The summed E-state index contributed by atoms with van der Waals surface area (Å²) >= 11 is 1.32. The molecule has 0 saturated heterocycles.